The minimum Gasteiger partial charge on any atom is -0.495 e. The van der Waals surface area contributed by atoms with Crippen molar-refractivity contribution in [3.8, 4) is 5.75 Å². The zero-order chi connectivity index (χ0) is 20.8. The first kappa shape index (κ1) is 20.4. The highest BCUT2D eigenvalue weighted by molar-refractivity contribution is 6.32. The number of ether oxygens (including phenoxy) is 1. The highest BCUT2D eigenvalue weighted by Gasteiger charge is 2.21. The van der Waals surface area contributed by atoms with Gasteiger partial charge in [-0.25, -0.2) is 0 Å². The normalized spacial score (nSPS) is 11.4. The summed E-state index contributed by atoms with van der Waals surface area (Å²) >= 11 is 6.22. The van der Waals surface area contributed by atoms with Crippen molar-refractivity contribution < 1.29 is 14.3 Å². The summed E-state index contributed by atoms with van der Waals surface area (Å²) in [5, 5.41) is 6.55. The van der Waals surface area contributed by atoms with E-state index in [1.54, 1.807) is 49.6 Å². The third-order valence-corrected chi connectivity index (χ3v) is 4.69. The zero-order valence-electron chi connectivity index (χ0n) is 16.1. The van der Waals surface area contributed by atoms with Crippen LogP contribution in [0.2, 0.25) is 5.02 Å². The van der Waals surface area contributed by atoms with E-state index >= 15 is 0 Å². The lowest BCUT2D eigenvalue weighted by molar-refractivity contribution is -0.117. The molecule has 3 rings (SSSR count). The first-order valence-corrected chi connectivity index (χ1v) is 9.42. The van der Waals surface area contributed by atoms with Crippen LogP contribution in [0.25, 0.3) is 0 Å². The lowest BCUT2D eigenvalue weighted by Crippen LogP contribution is -2.27. The molecule has 3 aromatic rings. The second kappa shape index (κ2) is 9.26. The molecule has 148 valence electrons. The van der Waals surface area contributed by atoms with Crippen LogP contribution in [0.5, 0.6) is 5.75 Å². The third kappa shape index (κ3) is 5.15. The number of hydrogen-bond donors (Lipinski definition) is 2. The Morgan fingerprint density at radius 3 is 2.34 bits per heavy atom. The number of carbonyl (C=O) groups is 2. The molecule has 0 bridgehead atoms. The quantitative estimate of drug-likeness (QED) is 0.517. The maximum Gasteiger partial charge on any atom is 0.251 e. The SMILES string of the molecule is COc1ccc(N[C@@H](C(=O)Nc2cccc(C(C)=O)c2)c2ccccc2)cc1Cl. The second-order valence-electron chi connectivity index (χ2n) is 6.46. The molecule has 1 amide bonds. The molecule has 6 heteroatoms. The van der Waals surface area contributed by atoms with Gasteiger partial charge in [0.15, 0.2) is 5.78 Å². The number of benzene rings is 3. The van der Waals surface area contributed by atoms with Gasteiger partial charge in [-0.05, 0) is 42.8 Å². The number of amides is 1. The Balaban J connectivity index is 1.87. The van der Waals surface area contributed by atoms with Crippen molar-refractivity contribution in [1.29, 1.82) is 0 Å². The molecule has 0 aliphatic heterocycles. The number of halogens is 1. The minimum atomic E-state index is -0.665. The maximum atomic E-state index is 13.1. The van der Waals surface area contributed by atoms with E-state index in [-0.39, 0.29) is 11.7 Å². The average molecular weight is 409 g/mol. The van der Waals surface area contributed by atoms with Crippen molar-refractivity contribution in [1.82, 2.24) is 0 Å². The van der Waals surface area contributed by atoms with Crippen LogP contribution in [-0.2, 0) is 4.79 Å². The van der Waals surface area contributed by atoms with Gasteiger partial charge in [0.05, 0.1) is 12.1 Å². The van der Waals surface area contributed by atoms with Crippen LogP contribution in [-0.4, -0.2) is 18.8 Å². The van der Waals surface area contributed by atoms with E-state index in [1.807, 2.05) is 30.3 Å². The smallest absolute Gasteiger partial charge is 0.251 e. The Morgan fingerprint density at radius 1 is 0.931 bits per heavy atom. The Labute approximate surface area is 174 Å². The molecule has 5 nitrogen and oxygen atoms in total. The van der Waals surface area contributed by atoms with Gasteiger partial charge >= 0.3 is 0 Å². The Hall–Kier alpha value is -3.31. The Kier molecular flexibility index (Phi) is 6.52. The maximum absolute atomic E-state index is 13.1. The number of Topliss-reactive ketones (excluding diaryl/α,β-unsaturated/α-hetero) is 1. The van der Waals surface area contributed by atoms with Crippen molar-refractivity contribution in [3.05, 3.63) is 88.9 Å². The molecule has 0 aliphatic carbocycles. The van der Waals surface area contributed by atoms with Gasteiger partial charge in [0.25, 0.3) is 5.91 Å². The fourth-order valence-corrected chi connectivity index (χ4v) is 3.16. The molecule has 0 aliphatic rings. The van der Waals surface area contributed by atoms with E-state index in [9.17, 15) is 9.59 Å². The number of carbonyl (C=O) groups excluding carboxylic acids is 2. The van der Waals surface area contributed by atoms with Crippen molar-refractivity contribution in [2.75, 3.05) is 17.7 Å². The molecule has 0 heterocycles. The first-order valence-electron chi connectivity index (χ1n) is 9.05. The van der Waals surface area contributed by atoms with E-state index in [0.717, 1.165) is 5.56 Å². The summed E-state index contributed by atoms with van der Waals surface area (Å²) in [6.07, 6.45) is 0. The topological polar surface area (TPSA) is 67.4 Å². The summed E-state index contributed by atoms with van der Waals surface area (Å²) in [4.78, 5) is 24.7. The van der Waals surface area contributed by atoms with Gasteiger partial charge in [0.1, 0.15) is 11.8 Å². The molecular formula is C23H21ClN2O3. The van der Waals surface area contributed by atoms with E-state index in [4.69, 9.17) is 16.3 Å². The van der Waals surface area contributed by atoms with Gasteiger partial charge in [0, 0.05) is 16.9 Å². The zero-order valence-corrected chi connectivity index (χ0v) is 16.9. The predicted octanol–water partition coefficient (Wildman–Crippen LogP) is 5.34. The van der Waals surface area contributed by atoms with E-state index in [1.165, 1.54) is 6.92 Å². The molecule has 0 spiro atoms. The number of methoxy groups -OCH3 is 1. The van der Waals surface area contributed by atoms with Crippen LogP contribution >= 0.6 is 11.6 Å². The van der Waals surface area contributed by atoms with Gasteiger partial charge in [-0.2, -0.15) is 0 Å². The minimum absolute atomic E-state index is 0.0632. The molecular weight excluding hydrogens is 388 g/mol. The Bertz CT molecular complexity index is 1020. The summed E-state index contributed by atoms with van der Waals surface area (Å²) in [6, 6.07) is 20.8. The van der Waals surface area contributed by atoms with E-state index in [2.05, 4.69) is 10.6 Å². The number of anilines is 2. The van der Waals surface area contributed by atoms with Crippen molar-refractivity contribution in [3.63, 3.8) is 0 Å². The molecule has 0 unspecified atom stereocenters. The number of ketones is 1. The summed E-state index contributed by atoms with van der Waals surface area (Å²) in [5.74, 6) is 0.231. The van der Waals surface area contributed by atoms with Crippen LogP contribution in [0.3, 0.4) is 0 Å². The van der Waals surface area contributed by atoms with Crippen molar-refractivity contribution >= 4 is 34.7 Å². The van der Waals surface area contributed by atoms with Gasteiger partial charge in [0.2, 0.25) is 0 Å². The molecule has 1 atom stereocenters. The highest BCUT2D eigenvalue weighted by Crippen LogP contribution is 2.29. The summed E-state index contributed by atoms with van der Waals surface area (Å²) in [7, 11) is 1.55. The van der Waals surface area contributed by atoms with Gasteiger partial charge in [-0.1, -0.05) is 54.1 Å². The average Bonchev–Trinajstić information content (AvgIpc) is 2.73. The van der Waals surface area contributed by atoms with Gasteiger partial charge < -0.3 is 15.4 Å². The second-order valence-corrected chi connectivity index (χ2v) is 6.87. The standard InChI is InChI=1S/C23H21ClN2O3/c1-15(27)17-9-6-10-18(13-17)26-23(28)22(16-7-4-3-5-8-16)25-19-11-12-21(29-2)20(24)14-19/h3-14,22,25H,1-2H3,(H,26,28)/t22-/m1/s1. The van der Waals surface area contributed by atoms with Crippen molar-refractivity contribution in [2.45, 2.75) is 13.0 Å². The lowest BCUT2D eigenvalue weighted by atomic mass is 10.0. The van der Waals surface area contributed by atoms with Crippen LogP contribution in [0.4, 0.5) is 11.4 Å². The molecule has 29 heavy (non-hydrogen) atoms. The summed E-state index contributed by atoms with van der Waals surface area (Å²) in [5.41, 5.74) is 2.56. The van der Waals surface area contributed by atoms with Gasteiger partial charge in [-0.3, -0.25) is 9.59 Å². The molecule has 0 aromatic heterocycles. The largest absolute Gasteiger partial charge is 0.495 e. The number of hydrogen-bond acceptors (Lipinski definition) is 4. The lowest BCUT2D eigenvalue weighted by Gasteiger charge is -2.20. The summed E-state index contributed by atoms with van der Waals surface area (Å²) in [6.45, 7) is 1.49. The van der Waals surface area contributed by atoms with Crippen LogP contribution < -0.4 is 15.4 Å². The molecule has 0 radical (unpaired) electrons. The molecule has 2 N–H and O–H groups in total. The number of rotatable bonds is 7. The van der Waals surface area contributed by atoms with Crippen LogP contribution in [0, 0.1) is 0 Å². The van der Waals surface area contributed by atoms with Gasteiger partial charge in [-0.15, -0.1) is 0 Å². The van der Waals surface area contributed by atoms with E-state index in [0.29, 0.717) is 27.7 Å². The molecule has 3 aromatic carbocycles. The van der Waals surface area contributed by atoms with E-state index < -0.39 is 6.04 Å². The Morgan fingerprint density at radius 2 is 1.69 bits per heavy atom. The monoisotopic (exact) mass is 408 g/mol. The number of nitrogens with one attached hydrogen (secondary N) is 2. The molecule has 0 fully saturated rings. The molecule has 0 saturated carbocycles. The predicted molar refractivity (Wildman–Crippen MR) is 116 cm³/mol. The van der Waals surface area contributed by atoms with Crippen LogP contribution in [0.15, 0.2) is 72.8 Å². The fourth-order valence-electron chi connectivity index (χ4n) is 2.90. The third-order valence-electron chi connectivity index (χ3n) is 4.39. The summed E-state index contributed by atoms with van der Waals surface area (Å²) < 4.78 is 5.18. The molecule has 0 saturated heterocycles. The highest BCUT2D eigenvalue weighted by atomic mass is 35.5. The van der Waals surface area contributed by atoms with Crippen LogP contribution in [0.1, 0.15) is 28.9 Å². The fraction of sp³-hybridized carbons (Fsp3) is 0.130. The first-order chi connectivity index (χ1) is 14.0. The van der Waals surface area contributed by atoms with Crippen molar-refractivity contribution in [2.24, 2.45) is 0 Å².